The number of aromatic nitrogens is 3. The van der Waals surface area contributed by atoms with E-state index in [2.05, 4.69) is 10.1 Å². The highest BCUT2D eigenvalue weighted by Crippen LogP contribution is 2.34. The highest BCUT2D eigenvalue weighted by atomic mass is 32.1. The van der Waals surface area contributed by atoms with Crippen LogP contribution in [0.25, 0.3) is 22.0 Å². The molecule has 4 aromatic rings. The van der Waals surface area contributed by atoms with E-state index in [0.29, 0.717) is 40.1 Å². The van der Waals surface area contributed by atoms with Crippen molar-refractivity contribution in [3.63, 3.8) is 0 Å². The molecule has 0 aliphatic carbocycles. The normalized spacial score (nSPS) is 10.8. The average molecular weight is 455 g/mol. The third-order valence-corrected chi connectivity index (χ3v) is 5.77. The van der Waals surface area contributed by atoms with E-state index in [9.17, 15) is 4.79 Å². The lowest BCUT2D eigenvalue weighted by molar-refractivity contribution is 0.355. The van der Waals surface area contributed by atoms with Crippen molar-refractivity contribution in [2.45, 2.75) is 6.54 Å². The predicted molar refractivity (Wildman–Crippen MR) is 119 cm³/mol. The maximum absolute atomic E-state index is 12.3. The van der Waals surface area contributed by atoms with Gasteiger partial charge in [0.2, 0.25) is 0 Å². The van der Waals surface area contributed by atoms with Gasteiger partial charge in [0.25, 0.3) is 0 Å². The number of nitrogens with zero attached hydrogens (tertiary/aromatic N) is 3. The van der Waals surface area contributed by atoms with Gasteiger partial charge in [0.1, 0.15) is 5.01 Å². The van der Waals surface area contributed by atoms with Crippen molar-refractivity contribution < 1.29 is 23.5 Å². The Bertz CT molecular complexity index is 1290. The van der Waals surface area contributed by atoms with Crippen molar-refractivity contribution in [2.75, 3.05) is 28.4 Å². The molecule has 0 unspecified atom stereocenters. The SMILES string of the molecule is COc1ccc(-c2nc(Cn3c(-c4ccc(OC)c(OC)c4)noc3=O)cs2)cc1OC. The first-order valence-corrected chi connectivity index (χ1v) is 10.4. The molecule has 4 rings (SSSR count). The van der Waals surface area contributed by atoms with Crippen LogP contribution in [0.5, 0.6) is 23.0 Å². The monoisotopic (exact) mass is 455 g/mol. The summed E-state index contributed by atoms with van der Waals surface area (Å²) in [7, 11) is 6.28. The molecule has 0 amide bonds. The van der Waals surface area contributed by atoms with Crippen molar-refractivity contribution in [3.8, 4) is 45.0 Å². The first kappa shape index (κ1) is 21.4. The first-order chi connectivity index (χ1) is 15.6. The largest absolute Gasteiger partial charge is 0.493 e. The number of ether oxygens (including phenoxy) is 4. The van der Waals surface area contributed by atoms with Crippen molar-refractivity contribution in [2.24, 2.45) is 0 Å². The second-order valence-electron chi connectivity index (χ2n) is 6.64. The third kappa shape index (κ3) is 4.04. The number of rotatable bonds is 8. The molecule has 9 nitrogen and oxygen atoms in total. The molecule has 0 aliphatic rings. The minimum Gasteiger partial charge on any atom is -0.493 e. The zero-order chi connectivity index (χ0) is 22.7. The molecule has 2 heterocycles. The minimum absolute atomic E-state index is 0.204. The van der Waals surface area contributed by atoms with E-state index in [1.165, 1.54) is 15.9 Å². The lowest BCUT2D eigenvalue weighted by Gasteiger charge is -2.09. The van der Waals surface area contributed by atoms with Crippen LogP contribution in [-0.2, 0) is 6.54 Å². The quantitative estimate of drug-likeness (QED) is 0.397. The average Bonchev–Trinajstić information content (AvgIpc) is 3.45. The van der Waals surface area contributed by atoms with E-state index in [1.54, 1.807) is 46.6 Å². The van der Waals surface area contributed by atoms with Gasteiger partial charge in [-0.3, -0.25) is 9.09 Å². The van der Waals surface area contributed by atoms with E-state index >= 15 is 0 Å². The molecule has 2 aromatic heterocycles. The Morgan fingerprint density at radius 3 is 2.09 bits per heavy atom. The standard InChI is InChI=1S/C22H21N3O6S/c1-27-16-7-5-13(9-18(16)29-3)20-24-31-22(26)25(20)11-15-12-32-21(23-15)14-6-8-17(28-2)19(10-14)30-4/h5-10,12H,11H2,1-4H3. The molecule has 0 saturated carbocycles. The van der Waals surface area contributed by atoms with Crippen LogP contribution in [0, 0.1) is 0 Å². The molecule has 0 atom stereocenters. The molecule has 32 heavy (non-hydrogen) atoms. The van der Waals surface area contributed by atoms with Gasteiger partial charge in [-0.15, -0.1) is 11.3 Å². The van der Waals surface area contributed by atoms with Gasteiger partial charge < -0.3 is 18.9 Å². The number of hydrogen-bond acceptors (Lipinski definition) is 9. The van der Waals surface area contributed by atoms with Gasteiger partial charge in [-0.2, -0.15) is 0 Å². The number of thiazole rings is 1. The van der Waals surface area contributed by atoms with E-state index < -0.39 is 5.76 Å². The lowest BCUT2D eigenvalue weighted by Crippen LogP contribution is -2.16. The second kappa shape index (κ2) is 9.15. The van der Waals surface area contributed by atoms with E-state index in [1.807, 2.05) is 23.6 Å². The van der Waals surface area contributed by atoms with Crippen LogP contribution in [0.4, 0.5) is 0 Å². The van der Waals surface area contributed by atoms with E-state index in [0.717, 1.165) is 10.6 Å². The first-order valence-electron chi connectivity index (χ1n) is 9.53. The van der Waals surface area contributed by atoms with Crippen LogP contribution in [0.15, 0.2) is 51.1 Å². The van der Waals surface area contributed by atoms with Crippen molar-refractivity contribution >= 4 is 11.3 Å². The van der Waals surface area contributed by atoms with Crippen LogP contribution in [0.2, 0.25) is 0 Å². The summed E-state index contributed by atoms with van der Waals surface area (Å²) in [6.07, 6.45) is 0. The lowest BCUT2D eigenvalue weighted by atomic mass is 10.2. The van der Waals surface area contributed by atoms with Gasteiger partial charge in [0.05, 0.1) is 40.7 Å². The molecular formula is C22H21N3O6S. The van der Waals surface area contributed by atoms with E-state index in [-0.39, 0.29) is 6.54 Å². The summed E-state index contributed by atoms with van der Waals surface area (Å²) in [5.74, 6) is 2.16. The van der Waals surface area contributed by atoms with Gasteiger partial charge in [-0.05, 0) is 36.4 Å². The Morgan fingerprint density at radius 2 is 1.47 bits per heavy atom. The summed E-state index contributed by atoms with van der Waals surface area (Å²) in [6.45, 7) is 0.204. The summed E-state index contributed by atoms with van der Waals surface area (Å²) >= 11 is 1.47. The van der Waals surface area contributed by atoms with Gasteiger partial charge in [-0.1, -0.05) is 5.16 Å². The number of hydrogen-bond donors (Lipinski definition) is 0. The zero-order valence-corrected chi connectivity index (χ0v) is 18.8. The predicted octanol–water partition coefficient (Wildman–Crippen LogP) is 3.71. The third-order valence-electron chi connectivity index (χ3n) is 4.83. The highest BCUT2D eigenvalue weighted by Gasteiger charge is 2.17. The number of benzene rings is 2. The van der Waals surface area contributed by atoms with Crippen LogP contribution in [0.3, 0.4) is 0 Å². The van der Waals surface area contributed by atoms with Gasteiger partial charge in [-0.25, -0.2) is 9.78 Å². The fourth-order valence-corrected chi connectivity index (χ4v) is 4.04. The Hall–Kier alpha value is -3.79. The Balaban J connectivity index is 1.64. The summed E-state index contributed by atoms with van der Waals surface area (Å²) in [5.41, 5.74) is 2.24. The zero-order valence-electron chi connectivity index (χ0n) is 17.9. The topological polar surface area (TPSA) is 97.8 Å². The van der Waals surface area contributed by atoms with Crippen molar-refractivity contribution in [1.82, 2.24) is 14.7 Å². The molecule has 0 spiro atoms. The maximum atomic E-state index is 12.3. The van der Waals surface area contributed by atoms with Crippen LogP contribution < -0.4 is 24.7 Å². The molecular weight excluding hydrogens is 434 g/mol. The second-order valence-corrected chi connectivity index (χ2v) is 7.50. The van der Waals surface area contributed by atoms with Gasteiger partial charge in [0.15, 0.2) is 28.8 Å². The number of methoxy groups -OCH3 is 4. The van der Waals surface area contributed by atoms with Crippen LogP contribution >= 0.6 is 11.3 Å². The van der Waals surface area contributed by atoms with Crippen LogP contribution in [0.1, 0.15) is 5.69 Å². The molecule has 0 fully saturated rings. The van der Waals surface area contributed by atoms with Crippen molar-refractivity contribution in [1.29, 1.82) is 0 Å². The summed E-state index contributed by atoms with van der Waals surface area (Å²) < 4.78 is 27.6. The van der Waals surface area contributed by atoms with Crippen LogP contribution in [-0.4, -0.2) is 43.1 Å². The molecule has 0 N–H and O–H groups in total. The molecule has 0 saturated heterocycles. The molecule has 10 heteroatoms. The van der Waals surface area contributed by atoms with E-state index in [4.69, 9.17) is 23.5 Å². The molecule has 2 aromatic carbocycles. The summed E-state index contributed by atoms with van der Waals surface area (Å²) in [6, 6.07) is 10.9. The smallest absolute Gasteiger partial charge is 0.442 e. The van der Waals surface area contributed by atoms with Crippen molar-refractivity contribution in [3.05, 3.63) is 58.0 Å². The molecule has 0 bridgehead atoms. The Morgan fingerprint density at radius 1 is 0.875 bits per heavy atom. The summed E-state index contributed by atoms with van der Waals surface area (Å²) in [4.78, 5) is 17.0. The fraction of sp³-hybridized carbons (Fsp3) is 0.227. The molecule has 0 aliphatic heterocycles. The maximum Gasteiger partial charge on any atom is 0.442 e. The Kier molecular flexibility index (Phi) is 6.13. The van der Waals surface area contributed by atoms with Gasteiger partial charge >= 0.3 is 5.76 Å². The Labute approximate surface area is 187 Å². The fourth-order valence-electron chi connectivity index (χ4n) is 3.23. The highest BCUT2D eigenvalue weighted by molar-refractivity contribution is 7.13. The van der Waals surface area contributed by atoms with Gasteiger partial charge in [0, 0.05) is 16.5 Å². The molecule has 166 valence electrons. The summed E-state index contributed by atoms with van der Waals surface area (Å²) in [5, 5.41) is 6.63. The molecule has 0 radical (unpaired) electrons. The minimum atomic E-state index is -0.574.